The lowest BCUT2D eigenvalue weighted by Crippen LogP contribution is -2.21. The van der Waals surface area contributed by atoms with Gasteiger partial charge in [-0.05, 0) is 33.4 Å². The molecule has 20 heavy (non-hydrogen) atoms. The van der Waals surface area contributed by atoms with Crippen molar-refractivity contribution in [3.63, 3.8) is 0 Å². The van der Waals surface area contributed by atoms with Crippen molar-refractivity contribution in [2.24, 2.45) is 0 Å². The Balaban J connectivity index is 2.20. The van der Waals surface area contributed by atoms with Gasteiger partial charge in [-0.15, -0.1) is 11.6 Å². The number of hydrogen-bond donors (Lipinski definition) is 0. The molecule has 1 aromatic rings. The first-order valence-electron chi connectivity index (χ1n) is 7.50. The predicted octanol–water partition coefficient (Wildman–Crippen LogP) is 3.11. The van der Waals surface area contributed by atoms with Gasteiger partial charge in [-0.25, -0.2) is 0 Å². The third kappa shape index (κ3) is 3.89. The quantitative estimate of drug-likeness (QED) is 0.618. The van der Waals surface area contributed by atoms with E-state index in [0.29, 0.717) is 5.92 Å². The molecule has 0 saturated heterocycles. The van der Waals surface area contributed by atoms with E-state index >= 15 is 0 Å². The van der Waals surface area contributed by atoms with Crippen molar-refractivity contribution in [1.29, 1.82) is 0 Å². The molecule has 0 bridgehead atoms. The summed E-state index contributed by atoms with van der Waals surface area (Å²) in [5, 5.41) is 4.79. The van der Waals surface area contributed by atoms with Crippen LogP contribution in [0, 0.1) is 0 Å². The van der Waals surface area contributed by atoms with Crippen molar-refractivity contribution >= 4 is 11.6 Å². The van der Waals surface area contributed by atoms with Gasteiger partial charge in [0.1, 0.15) is 0 Å². The molecular formula is C15H26ClN3O. The molecule has 2 unspecified atom stereocenters. The first-order chi connectivity index (χ1) is 9.61. The van der Waals surface area contributed by atoms with E-state index in [2.05, 4.69) is 28.8 Å². The normalized spacial score (nSPS) is 23.9. The van der Waals surface area contributed by atoms with Crippen LogP contribution in [0.4, 0.5) is 0 Å². The van der Waals surface area contributed by atoms with Crippen LogP contribution in [0.5, 0.6) is 5.75 Å². The molecule has 5 heteroatoms. The van der Waals surface area contributed by atoms with Gasteiger partial charge in [-0.2, -0.15) is 5.10 Å². The summed E-state index contributed by atoms with van der Waals surface area (Å²) >= 11 is 6.43. The molecule has 0 aliphatic heterocycles. The summed E-state index contributed by atoms with van der Waals surface area (Å²) in [5.74, 6) is 1.39. The number of nitrogens with zero attached hydrogens (tertiary/aromatic N) is 3. The number of hydrogen-bond acceptors (Lipinski definition) is 3. The number of rotatable bonds is 5. The minimum Gasteiger partial charge on any atom is -0.493 e. The zero-order chi connectivity index (χ0) is 14.5. The zero-order valence-corrected chi connectivity index (χ0v) is 13.6. The number of ether oxygens (including phenoxy) is 1. The number of alkyl halides is 1. The van der Waals surface area contributed by atoms with Crippen molar-refractivity contribution in [3.05, 3.63) is 11.9 Å². The molecule has 1 aliphatic carbocycles. The van der Waals surface area contributed by atoms with Gasteiger partial charge in [0.2, 0.25) is 0 Å². The molecule has 1 aliphatic rings. The van der Waals surface area contributed by atoms with Crippen molar-refractivity contribution in [1.82, 2.24) is 14.7 Å². The van der Waals surface area contributed by atoms with Gasteiger partial charge in [-0.1, -0.05) is 12.8 Å². The number of likely N-dealkylation sites (N-methyl/N-ethyl adjacent to an activating group) is 1. The van der Waals surface area contributed by atoms with Gasteiger partial charge >= 0.3 is 0 Å². The summed E-state index contributed by atoms with van der Waals surface area (Å²) in [6.45, 7) is 1.88. The largest absolute Gasteiger partial charge is 0.493 e. The fourth-order valence-corrected chi connectivity index (χ4v) is 3.34. The van der Waals surface area contributed by atoms with E-state index in [-0.39, 0.29) is 5.38 Å². The fraction of sp³-hybridized carbons (Fsp3) is 0.800. The molecule has 2 rings (SSSR count). The van der Waals surface area contributed by atoms with Gasteiger partial charge in [0.05, 0.1) is 25.5 Å². The first kappa shape index (κ1) is 15.6. The van der Waals surface area contributed by atoms with Crippen LogP contribution in [0.15, 0.2) is 6.20 Å². The molecule has 0 amide bonds. The Kier molecular flexibility index (Phi) is 5.73. The Labute approximate surface area is 127 Å². The van der Waals surface area contributed by atoms with E-state index in [4.69, 9.17) is 16.3 Å². The standard InChI is InChI=1S/C15H26ClN3O/c1-18(2)8-9-19-15(14(20-3)11-17-19)12-6-4-5-7-13(16)10-12/h11-13H,4-10H2,1-3H3. The summed E-state index contributed by atoms with van der Waals surface area (Å²) in [5.41, 5.74) is 1.24. The van der Waals surface area contributed by atoms with Crippen LogP contribution in [0.1, 0.15) is 43.7 Å². The SMILES string of the molecule is COc1cnn(CCN(C)C)c1C1CCCCC(Cl)C1. The molecule has 0 aromatic carbocycles. The van der Waals surface area contributed by atoms with Gasteiger partial charge in [0, 0.05) is 17.8 Å². The highest BCUT2D eigenvalue weighted by Crippen LogP contribution is 2.38. The van der Waals surface area contributed by atoms with Crippen LogP contribution < -0.4 is 4.74 Å². The molecule has 114 valence electrons. The maximum atomic E-state index is 6.43. The third-order valence-corrected chi connectivity index (χ3v) is 4.47. The smallest absolute Gasteiger partial charge is 0.160 e. The summed E-state index contributed by atoms with van der Waals surface area (Å²) in [6.07, 6.45) is 7.68. The van der Waals surface area contributed by atoms with Crippen LogP contribution in [-0.2, 0) is 6.54 Å². The van der Waals surface area contributed by atoms with Crippen molar-refractivity contribution < 1.29 is 4.74 Å². The van der Waals surface area contributed by atoms with Gasteiger partial charge in [0.15, 0.2) is 5.75 Å². The molecular weight excluding hydrogens is 274 g/mol. The van der Waals surface area contributed by atoms with E-state index in [1.165, 1.54) is 25.0 Å². The van der Waals surface area contributed by atoms with Crippen LogP contribution in [0.2, 0.25) is 0 Å². The first-order valence-corrected chi connectivity index (χ1v) is 7.94. The monoisotopic (exact) mass is 299 g/mol. The van der Waals surface area contributed by atoms with Gasteiger partial charge in [0.25, 0.3) is 0 Å². The molecule has 2 atom stereocenters. The minimum atomic E-state index is 0.282. The second kappa shape index (κ2) is 7.32. The molecule has 1 saturated carbocycles. The van der Waals surface area contributed by atoms with E-state index in [9.17, 15) is 0 Å². The predicted molar refractivity (Wildman–Crippen MR) is 82.8 cm³/mol. The van der Waals surface area contributed by atoms with Gasteiger partial charge < -0.3 is 9.64 Å². The van der Waals surface area contributed by atoms with Crippen molar-refractivity contribution in [2.45, 2.75) is 49.9 Å². The molecule has 0 N–H and O–H groups in total. The minimum absolute atomic E-state index is 0.282. The molecule has 0 radical (unpaired) electrons. The Morgan fingerprint density at radius 2 is 2.15 bits per heavy atom. The summed E-state index contributed by atoms with van der Waals surface area (Å²) < 4.78 is 7.63. The number of aromatic nitrogens is 2. The number of halogens is 1. The maximum absolute atomic E-state index is 6.43. The lowest BCUT2D eigenvalue weighted by atomic mass is 9.95. The third-order valence-electron chi connectivity index (χ3n) is 4.07. The molecule has 1 aromatic heterocycles. The van der Waals surface area contributed by atoms with Crippen molar-refractivity contribution in [3.8, 4) is 5.75 Å². The second-order valence-electron chi connectivity index (χ2n) is 5.94. The van der Waals surface area contributed by atoms with Crippen LogP contribution in [0.25, 0.3) is 0 Å². The maximum Gasteiger partial charge on any atom is 0.160 e. The van der Waals surface area contributed by atoms with Crippen molar-refractivity contribution in [2.75, 3.05) is 27.7 Å². The summed E-state index contributed by atoms with van der Waals surface area (Å²) in [4.78, 5) is 2.18. The van der Waals surface area contributed by atoms with E-state index in [0.717, 1.165) is 31.7 Å². The topological polar surface area (TPSA) is 30.3 Å². The highest BCUT2D eigenvalue weighted by Gasteiger charge is 2.26. The molecule has 4 nitrogen and oxygen atoms in total. The van der Waals surface area contributed by atoms with E-state index < -0.39 is 0 Å². The fourth-order valence-electron chi connectivity index (χ4n) is 2.97. The molecule has 1 heterocycles. The van der Waals surface area contributed by atoms with E-state index in [1.807, 2.05) is 6.20 Å². The Morgan fingerprint density at radius 3 is 2.85 bits per heavy atom. The average molecular weight is 300 g/mol. The van der Waals surface area contributed by atoms with Gasteiger partial charge in [-0.3, -0.25) is 4.68 Å². The Morgan fingerprint density at radius 1 is 1.40 bits per heavy atom. The zero-order valence-electron chi connectivity index (χ0n) is 12.8. The van der Waals surface area contributed by atoms with Crippen LogP contribution >= 0.6 is 11.6 Å². The second-order valence-corrected chi connectivity index (χ2v) is 6.56. The Hall–Kier alpha value is -0.740. The summed E-state index contributed by atoms with van der Waals surface area (Å²) in [6, 6.07) is 0. The summed E-state index contributed by atoms with van der Waals surface area (Å²) in [7, 11) is 5.90. The van der Waals surface area contributed by atoms with E-state index in [1.54, 1.807) is 7.11 Å². The lowest BCUT2D eigenvalue weighted by Gasteiger charge is -2.20. The van der Waals surface area contributed by atoms with Crippen LogP contribution in [-0.4, -0.2) is 47.8 Å². The highest BCUT2D eigenvalue weighted by atomic mass is 35.5. The number of methoxy groups -OCH3 is 1. The average Bonchev–Trinajstić information content (AvgIpc) is 2.71. The molecule has 1 fully saturated rings. The lowest BCUT2D eigenvalue weighted by molar-refractivity contribution is 0.357. The van der Waals surface area contributed by atoms with Crippen LogP contribution in [0.3, 0.4) is 0 Å². The highest BCUT2D eigenvalue weighted by molar-refractivity contribution is 6.20. The Bertz CT molecular complexity index is 419. The molecule has 0 spiro atoms.